The third kappa shape index (κ3) is 8.21. The van der Waals surface area contributed by atoms with Gasteiger partial charge in [-0.3, -0.25) is 9.58 Å². The van der Waals surface area contributed by atoms with E-state index in [2.05, 4.69) is 67.1 Å². The number of nitrogens with zero attached hydrogens (tertiary/aromatic N) is 4. The summed E-state index contributed by atoms with van der Waals surface area (Å²) in [5.41, 5.74) is 7.16. The van der Waals surface area contributed by atoms with Crippen molar-refractivity contribution in [1.82, 2.24) is 24.6 Å². The first-order valence-electron chi connectivity index (χ1n) is 17.5. The molecule has 0 saturated carbocycles. The molecule has 1 fully saturated rings. The molecule has 9 nitrogen and oxygen atoms in total. The van der Waals surface area contributed by atoms with Gasteiger partial charge in [-0.2, -0.15) is 5.10 Å². The summed E-state index contributed by atoms with van der Waals surface area (Å²) in [6.45, 7) is 8.57. The van der Waals surface area contributed by atoms with Crippen LogP contribution in [0.15, 0.2) is 60.7 Å². The van der Waals surface area contributed by atoms with Gasteiger partial charge in [-0.15, -0.1) is 12.4 Å². The molecule has 0 spiro atoms. The summed E-state index contributed by atoms with van der Waals surface area (Å²) in [5, 5.41) is 12.4. The van der Waals surface area contributed by atoms with Crippen LogP contribution in [0.3, 0.4) is 0 Å². The topological polar surface area (TPSA) is 82.8 Å². The normalized spacial score (nSPS) is 13.5. The maximum absolute atomic E-state index is 13.9. The van der Waals surface area contributed by atoms with Gasteiger partial charge in [0.25, 0.3) is 0 Å². The third-order valence-electron chi connectivity index (χ3n) is 9.45. The lowest BCUT2D eigenvalue weighted by Gasteiger charge is -2.26. The number of nitrogens with one attached hydrogen (secondary N) is 1. The molecule has 0 radical (unpaired) electrons. The minimum atomic E-state index is -0.279. The van der Waals surface area contributed by atoms with Gasteiger partial charge in [0.1, 0.15) is 11.4 Å². The van der Waals surface area contributed by atoms with Crippen LogP contribution in [0.1, 0.15) is 47.2 Å². The fourth-order valence-corrected chi connectivity index (χ4v) is 7.75. The molecule has 3 heterocycles. The van der Waals surface area contributed by atoms with E-state index in [0.717, 1.165) is 114 Å². The number of rotatable bonds is 16. The lowest BCUT2D eigenvalue weighted by atomic mass is 9.97. The lowest BCUT2D eigenvalue weighted by Crippen LogP contribution is -2.37. The van der Waals surface area contributed by atoms with Crippen molar-refractivity contribution in [2.75, 3.05) is 59.7 Å². The maximum Gasteiger partial charge on any atom is 0.355 e. The van der Waals surface area contributed by atoms with Crippen molar-refractivity contribution < 1.29 is 19.0 Å². The molecule has 6 rings (SSSR count). The van der Waals surface area contributed by atoms with Crippen LogP contribution in [0.2, 0.25) is 0 Å². The largest absolute Gasteiger partial charge is 0.493 e. The zero-order valence-electron chi connectivity index (χ0n) is 29.4. The first kappa shape index (κ1) is 37.8. The molecule has 3 aromatic carbocycles. The summed E-state index contributed by atoms with van der Waals surface area (Å²) in [7, 11) is 3.99. The van der Waals surface area contributed by atoms with E-state index < -0.39 is 0 Å². The highest BCUT2D eigenvalue weighted by molar-refractivity contribution is 9.08. The molecule has 2 aromatic heterocycles. The van der Waals surface area contributed by atoms with Crippen LogP contribution < -0.4 is 10.1 Å². The fraction of sp³-hybridized carbons (Fsp3) is 0.436. The number of ether oxygens (including phenoxy) is 3. The molecule has 0 atom stereocenters. The minimum Gasteiger partial charge on any atom is -0.493 e. The fourth-order valence-electron chi connectivity index (χ4n) is 7.11. The molecule has 1 aliphatic heterocycles. The van der Waals surface area contributed by atoms with E-state index in [9.17, 15) is 4.79 Å². The van der Waals surface area contributed by atoms with E-state index >= 15 is 0 Å². The molecule has 268 valence electrons. The minimum absolute atomic E-state index is 0. The second-order valence-corrected chi connectivity index (χ2v) is 13.1. The molecule has 1 saturated heterocycles. The van der Waals surface area contributed by atoms with Crippen molar-refractivity contribution in [3.63, 3.8) is 0 Å². The average molecular weight is 767 g/mol. The molecule has 1 aliphatic rings. The highest BCUT2D eigenvalue weighted by Crippen LogP contribution is 2.39. The Morgan fingerprint density at radius 3 is 2.52 bits per heavy atom. The van der Waals surface area contributed by atoms with Crippen LogP contribution in [0.4, 0.5) is 0 Å². The summed E-state index contributed by atoms with van der Waals surface area (Å²) in [6, 6.07) is 20.9. The number of esters is 1. The monoisotopic (exact) mass is 765 g/mol. The number of benzene rings is 3. The number of halogens is 2. The predicted molar refractivity (Wildman–Crippen MR) is 207 cm³/mol. The number of morpholine rings is 1. The number of para-hydroxylation sites is 1. The standard InChI is InChI=1S/C39H48BrN5O4.ClH/c1-4-48-39(46)38-31(16-9-24-49-35-17-7-12-28-11-5-6-13-29(28)35)30-14-8-15-32(37(30)45(38)20-10-19-41-2)36-33(42-43(3)34(36)27-40)18-21-44-22-25-47-26-23-44;/h5-8,11-15,17,41H,4,9-10,16,18-27H2,1-3H3;1H. The van der Waals surface area contributed by atoms with Crippen LogP contribution in [-0.4, -0.2) is 84.9 Å². The molecule has 0 bridgehead atoms. The number of hydrogen-bond acceptors (Lipinski definition) is 7. The Hall–Kier alpha value is -3.41. The lowest BCUT2D eigenvalue weighted by molar-refractivity contribution is 0.0383. The smallest absolute Gasteiger partial charge is 0.355 e. The highest BCUT2D eigenvalue weighted by Gasteiger charge is 2.28. The van der Waals surface area contributed by atoms with Gasteiger partial charge in [0, 0.05) is 66.9 Å². The van der Waals surface area contributed by atoms with Gasteiger partial charge in [-0.1, -0.05) is 70.5 Å². The number of carbonyl (C=O) groups excluding carboxylic acids is 1. The van der Waals surface area contributed by atoms with Crippen LogP contribution in [0, 0.1) is 0 Å². The molecular weight excluding hydrogens is 718 g/mol. The second-order valence-electron chi connectivity index (χ2n) is 12.5. The predicted octanol–water partition coefficient (Wildman–Crippen LogP) is 7.18. The van der Waals surface area contributed by atoms with Gasteiger partial charge in [-0.25, -0.2) is 4.79 Å². The van der Waals surface area contributed by atoms with E-state index in [-0.39, 0.29) is 18.4 Å². The van der Waals surface area contributed by atoms with Gasteiger partial charge in [0.05, 0.1) is 43.3 Å². The van der Waals surface area contributed by atoms with Gasteiger partial charge < -0.3 is 24.1 Å². The van der Waals surface area contributed by atoms with E-state index in [1.165, 1.54) is 0 Å². The van der Waals surface area contributed by atoms with Gasteiger partial charge in [-0.05, 0) is 56.8 Å². The van der Waals surface area contributed by atoms with Crippen LogP contribution in [-0.2, 0) is 41.2 Å². The van der Waals surface area contributed by atoms with E-state index in [0.29, 0.717) is 37.2 Å². The first-order chi connectivity index (χ1) is 24.0. The Kier molecular flexibility index (Phi) is 13.8. The van der Waals surface area contributed by atoms with Crippen molar-refractivity contribution in [3.8, 4) is 16.9 Å². The molecule has 1 N–H and O–H groups in total. The maximum atomic E-state index is 13.9. The summed E-state index contributed by atoms with van der Waals surface area (Å²) >= 11 is 3.78. The zero-order chi connectivity index (χ0) is 34.2. The Morgan fingerprint density at radius 2 is 1.74 bits per heavy atom. The number of aromatic nitrogens is 3. The third-order valence-corrected chi connectivity index (χ3v) is 9.98. The number of carbonyl (C=O) groups is 1. The molecule has 0 amide bonds. The summed E-state index contributed by atoms with van der Waals surface area (Å²) in [6.07, 6.45) is 3.13. The second kappa shape index (κ2) is 18.2. The molecule has 11 heteroatoms. The molecular formula is C39H49BrClN5O4. The van der Waals surface area contributed by atoms with E-state index in [1.54, 1.807) is 0 Å². The summed E-state index contributed by atoms with van der Waals surface area (Å²) < 4.78 is 21.9. The van der Waals surface area contributed by atoms with Crippen molar-refractivity contribution in [2.24, 2.45) is 7.05 Å². The molecule has 0 unspecified atom stereocenters. The SMILES string of the molecule is CCOC(=O)c1c(CCCOc2cccc3ccccc23)c2cccc(-c3c(CCN4CCOCC4)nn(C)c3CBr)c2n1CCCNC.Cl. The number of hydrogen-bond donors (Lipinski definition) is 1. The van der Waals surface area contributed by atoms with Crippen LogP contribution in [0.5, 0.6) is 5.75 Å². The van der Waals surface area contributed by atoms with Gasteiger partial charge >= 0.3 is 5.97 Å². The van der Waals surface area contributed by atoms with E-state index in [4.69, 9.17) is 19.3 Å². The summed E-state index contributed by atoms with van der Waals surface area (Å²) in [4.78, 5) is 16.3. The Labute approximate surface area is 309 Å². The average Bonchev–Trinajstić information content (AvgIpc) is 3.63. The number of aryl methyl sites for hydroxylation is 3. The van der Waals surface area contributed by atoms with Gasteiger partial charge in [0.15, 0.2) is 0 Å². The number of fused-ring (bicyclic) bond motifs is 2. The Balaban J connectivity index is 0.00000486. The Morgan fingerprint density at radius 1 is 0.980 bits per heavy atom. The van der Waals surface area contributed by atoms with Crippen LogP contribution in [0.25, 0.3) is 32.8 Å². The van der Waals surface area contributed by atoms with Crippen LogP contribution >= 0.6 is 28.3 Å². The van der Waals surface area contributed by atoms with E-state index in [1.807, 2.05) is 50.0 Å². The van der Waals surface area contributed by atoms with Crippen molar-refractivity contribution >= 4 is 56.0 Å². The van der Waals surface area contributed by atoms with Gasteiger partial charge in [0.2, 0.25) is 0 Å². The molecule has 5 aromatic rings. The highest BCUT2D eigenvalue weighted by atomic mass is 79.9. The summed E-state index contributed by atoms with van der Waals surface area (Å²) in [5.74, 6) is 0.600. The number of alkyl halides is 1. The Bertz CT molecular complexity index is 1880. The first-order valence-corrected chi connectivity index (χ1v) is 18.6. The molecule has 0 aliphatic carbocycles. The van der Waals surface area contributed by atoms with Crippen molar-refractivity contribution in [2.45, 2.75) is 44.5 Å². The molecule has 50 heavy (non-hydrogen) atoms. The van der Waals surface area contributed by atoms with Crippen molar-refractivity contribution in [3.05, 3.63) is 83.3 Å². The van der Waals surface area contributed by atoms with Crippen molar-refractivity contribution in [1.29, 1.82) is 0 Å². The quantitative estimate of drug-likeness (QED) is 0.0648. The zero-order valence-corrected chi connectivity index (χ0v) is 31.8.